The summed E-state index contributed by atoms with van der Waals surface area (Å²) in [5.74, 6) is -0.0501. The van der Waals surface area contributed by atoms with E-state index in [4.69, 9.17) is 4.74 Å². The highest BCUT2D eigenvalue weighted by molar-refractivity contribution is 5.37. The zero-order valence-corrected chi connectivity index (χ0v) is 5.90. The van der Waals surface area contributed by atoms with Gasteiger partial charge in [0.05, 0.1) is 6.61 Å². The Balaban J connectivity index is 4.30. The van der Waals surface area contributed by atoms with Crippen LogP contribution >= 0.6 is 0 Å². The fourth-order valence-corrected chi connectivity index (χ4v) is 0.373. The number of ether oxygens (including phenoxy) is 1. The van der Waals surface area contributed by atoms with E-state index in [2.05, 4.69) is 9.98 Å². The van der Waals surface area contributed by atoms with Gasteiger partial charge in [-0.2, -0.15) is 4.99 Å². The highest BCUT2D eigenvalue weighted by atomic mass is 16.5. The number of rotatable bonds is 4. The Morgan fingerprint density at radius 2 is 2.27 bits per heavy atom. The van der Waals surface area contributed by atoms with Gasteiger partial charge in [-0.05, 0) is 6.92 Å². The smallest absolute Gasteiger partial charge is 0.244 e. The second-order valence-corrected chi connectivity index (χ2v) is 1.32. The number of hydrogen-bond donors (Lipinski definition) is 0. The Morgan fingerprint density at radius 3 is 2.73 bits per heavy atom. The molecule has 0 aromatic heterocycles. The van der Waals surface area contributed by atoms with Crippen molar-refractivity contribution in [2.24, 2.45) is 9.98 Å². The fourth-order valence-electron chi connectivity index (χ4n) is 0.373. The van der Waals surface area contributed by atoms with Crippen LogP contribution in [0, 0.1) is 0 Å². The van der Waals surface area contributed by atoms with Gasteiger partial charge in [0.1, 0.15) is 6.20 Å². The molecule has 58 valence electrons. The molecule has 0 bridgehead atoms. The molecular weight excluding hydrogens is 148 g/mol. The summed E-state index contributed by atoms with van der Waals surface area (Å²) in [6.45, 7) is 2.05. The molecule has 0 amide bonds. The molecule has 0 radical (unpaired) electrons. The highest BCUT2D eigenvalue weighted by Gasteiger charge is 1.90. The molecule has 0 N–H and O–H groups in total. The topological polar surface area (TPSA) is 68.1 Å². The SMILES string of the molecule is CCOC(=CN=C=O)N=C=O. The molecular formula is C6H6N2O3. The average molecular weight is 154 g/mol. The van der Waals surface area contributed by atoms with Gasteiger partial charge in [-0.25, -0.2) is 9.59 Å². The van der Waals surface area contributed by atoms with E-state index >= 15 is 0 Å². The Hall–Kier alpha value is -1.70. The van der Waals surface area contributed by atoms with Gasteiger partial charge in [-0.15, -0.1) is 4.99 Å². The van der Waals surface area contributed by atoms with Crippen molar-refractivity contribution in [2.75, 3.05) is 6.61 Å². The number of isocyanates is 2. The lowest BCUT2D eigenvalue weighted by Gasteiger charge is -1.96. The van der Waals surface area contributed by atoms with E-state index in [9.17, 15) is 9.59 Å². The zero-order chi connectivity index (χ0) is 8.53. The first-order valence-electron chi connectivity index (χ1n) is 2.83. The molecule has 0 aliphatic rings. The van der Waals surface area contributed by atoms with Crippen LogP contribution in [0.4, 0.5) is 0 Å². The van der Waals surface area contributed by atoms with Gasteiger partial charge in [0.2, 0.25) is 18.0 Å². The van der Waals surface area contributed by atoms with Gasteiger partial charge in [0.15, 0.2) is 0 Å². The van der Waals surface area contributed by atoms with Crippen LogP contribution in [-0.4, -0.2) is 18.8 Å². The van der Waals surface area contributed by atoms with Crippen molar-refractivity contribution in [3.05, 3.63) is 12.1 Å². The Bertz CT molecular complexity index is 234. The second-order valence-electron chi connectivity index (χ2n) is 1.32. The minimum atomic E-state index is -0.0501. The summed E-state index contributed by atoms with van der Waals surface area (Å²) in [6.07, 6.45) is 3.48. The Morgan fingerprint density at radius 1 is 1.55 bits per heavy atom. The van der Waals surface area contributed by atoms with Crippen molar-refractivity contribution in [1.82, 2.24) is 0 Å². The Labute approximate surface area is 63.1 Å². The number of hydrogen-bond acceptors (Lipinski definition) is 5. The first-order valence-corrected chi connectivity index (χ1v) is 2.83. The minimum absolute atomic E-state index is 0.0501. The van der Waals surface area contributed by atoms with Crippen molar-refractivity contribution in [1.29, 1.82) is 0 Å². The van der Waals surface area contributed by atoms with Crippen LogP contribution in [0.3, 0.4) is 0 Å². The average Bonchev–Trinajstić information content (AvgIpc) is 2.01. The molecule has 0 saturated carbocycles. The first-order chi connectivity index (χ1) is 5.35. The molecule has 0 aromatic rings. The third-order valence-electron chi connectivity index (χ3n) is 0.676. The van der Waals surface area contributed by atoms with Crippen molar-refractivity contribution in [3.63, 3.8) is 0 Å². The molecule has 0 rings (SSSR count). The molecule has 0 saturated heterocycles. The van der Waals surface area contributed by atoms with Crippen LogP contribution < -0.4 is 0 Å². The van der Waals surface area contributed by atoms with Crippen molar-refractivity contribution in [3.8, 4) is 0 Å². The molecule has 5 heteroatoms. The first kappa shape index (κ1) is 9.30. The highest BCUT2D eigenvalue weighted by Crippen LogP contribution is 1.96. The van der Waals surface area contributed by atoms with E-state index in [1.165, 1.54) is 12.2 Å². The van der Waals surface area contributed by atoms with Crippen LogP contribution in [0.25, 0.3) is 0 Å². The molecule has 0 spiro atoms. The van der Waals surface area contributed by atoms with Gasteiger partial charge in [-0.1, -0.05) is 0 Å². The maximum atomic E-state index is 9.70. The summed E-state index contributed by atoms with van der Waals surface area (Å²) in [7, 11) is 0. The summed E-state index contributed by atoms with van der Waals surface area (Å²) < 4.78 is 4.74. The third kappa shape index (κ3) is 4.78. The van der Waals surface area contributed by atoms with E-state index in [0.717, 1.165) is 6.20 Å². The number of carbonyl (C=O) groups excluding carboxylic acids is 2. The molecule has 5 nitrogen and oxygen atoms in total. The summed E-state index contributed by atoms with van der Waals surface area (Å²) in [5.41, 5.74) is 0. The lowest BCUT2D eigenvalue weighted by atomic mass is 10.8. The monoisotopic (exact) mass is 154 g/mol. The van der Waals surface area contributed by atoms with Crippen LogP contribution in [0.1, 0.15) is 6.92 Å². The number of nitrogens with zero attached hydrogens (tertiary/aromatic N) is 2. The van der Waals surface area contributed by atoms with Crippen LogP contribution in [0.15, 0.2) is 22.1 Å². The molecule has 0 fully saturated rings. The molecule has 0 heterocycles. The third-order valence-corrected chi connectivity index (χ3v) is 0.676. The normalized spacial score (nSPS) is 9.36. The van der Waals surface area contributed by atoms with Crippen molar-refractivity contribution in [2.45, 2.75) is 6.92 Å². The minimum Gasteiger partial charge on any atom is -0.476 e. The zero-order valence-electron chi connectivity index (χ0n) is 5.90. The van der Waals surface area contributed by atoms with E-state index in [1.54, 1.807) is 6.92 Å². The van der Waals surface area contributed by atoms with Crippen molar-refractivity contribution >= 4 is 12.2 Å². The molecule has 0 aliphatic heterocycles. The quantitative estimate of drug-likeness (QED) is 0.336. The molecule has 0 unspecified atom stereocenters. The van der Waals surface area contributed by atoms with Gasteiger partial charge in [-0.3, -0.25) is 0 Å². The maximum absolute atomic E-state index is 9.70. The van der Waals surface area contributed by atoms with Crippen LogP contribution in [-0.2, 0) is 14.3 Å². The van der Waals surface area contributed by atoms with Gasteiger partial charge in [0.25, 0.3) is 0 Å². The number of aliphatic imine (C=N–C) groups is 2. The molecule has 0 aliphatic carbocycles. The maximum Gasteiger partial charge on any atom is 0.244 e. The lowest BCUT2D eigenvalue weighted by molar-refractivity contribution is 0.226. The van der Waals surface area contributed by atoms with Crippen LogP contribution in [0.2, 0.25) is 0 Å². The summed E-state index contributed by atoms with van der Waals surface area (Å²) in [5, 5.41) is 0. The van der Waals surface area contributed by atoms with Crippen molar-refractivity contribution < 1.29 is 14.3 Å². The summed E-state index contributed by atoms with van der Waals surface area (Å²) in [4.78, 5) is 25.4. The molecule has 0 aromatic carbocycles. The summed E-state index contributed by atoms with van der Waals surface area (Å²) >= 11 is 0. The van der Waals surface area contributed by atoms with E-state index in [0.29, 0.717) is 6.61 Å². The van der Waals surface area contributed by atoms with Gasteiger partial charge in [0, 0.05) is 0 Å². The van der Waals surface area contributed by atoms with Gasteiger partial charge < -0.3 is 4.74 Å². The fraction of sp³-hybridized carbons (Fsp3) is 0.333. The predicted octanol–water partition coefficient (Wildman–Crippen LogP) is 0.493. The molecule has 11 heavy (non-hydrogen) atoms. The molecule has 0 atom stereocenters. The Kier molecular flexibility index (Phi) is 5.43. The van der Waals surface area contributed by atoms with E-state index in [-0.39, 0.29) is 5.88 Å². The van der Waals surface area contributed by atoms with E-state index in [1.807, 2.05) is 0 Å². The second kappa shape index (κ2) is 6.42. The van der Waals surface area contributed by atoms with Crippen LogP contribution in [0.5, 0.6) is 0 Å². The summed E-state index contributed by atoms with van der Waals surface area (Å²) in [6, 6.07) is 0. The largest absolute Gasteiger partial charge is 0.476 e. The predicted molar refractivity (Wildman–Crippen MR) is 36.0 cm³/mol. The van der Waals surface area contributed by atoms with Gasteiger partial charge >= 0.3 is 0 Å². The van der Waals surface area contributed by atoms with E-state index < -0.39 is 0 Å². The lowest BCUT2D eigenvalue weighted by Crippen LogP contribution is -1.86. The standard InChI is InChI=1S/C6H6N2O3/c1-2-11-6(8-5-10)3-7-4-9/h3H,2H2,1H3.